The first kappa shape index (κ1) is 28.9. The fourth-order valence-corrected chi connectivity index (χ4v) is 6.52. The lowest BCUT2D eigenvalue weighted by Gasteiger charge is -2.26. The van der Waals surface area contributed by atoms with E-state index < -0.39 is 6.04 Å². The van der Waals surface area contributed by atoms with Gasteiger partial charge in [-0.05, 0) is 48.1 Å². The maximum Gasteiger partial charge on any atom is 0.243 e. The normalized spacial score (nSPS) is 16.4. The van der Waals surface area contributed by atoms with E-state index in [9.17, 15) is 9.59 Å². The molecule has 3 aromatic rings. The van der Waals surface area contributed by atoms with Gasteiger partial charge >= 0.3 is 0 Å². The number of nitrogens with zero attached hydrogens (tertiary/aromatic N) is 1. The van der Waals surface area contributed by atoms with E-state index in [0.717, 1.165) is 40.3 Å². The number of hydrogen-bond acceptors (Lipinski definition) is 4. The number of hydrogen-bond donors (Lipinski definition) is 2. The summed E-state index contributed by atoms with van der Waals surface area (Å²) in [5.74, 6) is 0.0607. The molecular formula is C32H36ClN3O2S. The molecule has 0 radical (unpaired) electrons. The first-order chi connectivity index (χ1) is 18.8. The van der Waals surface area contributed by atoms with E-state index in [2.05, 4.69) is 36.6 Å². The smallest absolute Gasteiger partial charge is 0.243 e. The monoisotopic (exact) mass is 561 g/mol. The van der Waals surface area contributed by atoms with Gasteiger partial charge in [-0.15, -0.1) is 11.8 Å². The van der Waals surface area contributed by atoms with Crippen molar-refractivity contribution in [1.29, 1.82) is 0 Å². The fourth-order valence-electron chi connectivity index (χ4n) is 4.89. The van der Waals surface area contributed by atoms with Crippen molar-refractivity contribution < 1.29 is 9.59 Å². The van der Waals surface area contributed by atoms with Gasteiger partial charge in [0.2, 0.25) is 11.8 Å². The molecule has 39 heavy (non-hydrogen) atoms. The maximum absolute atomic E-state index is 13.8. The minimum atomic E-state index is -0.697. The summed E-state index contributed by atoms with van der Waals surface area (Å²) in [5.41, 5.74) is 3.85. The van der Waals surface area contributed by atoms with Crippen molar-refractivity contribution in [1.82, 2.24) is 10.6 Å². The fraction of sp³-hybridized carbons (Fsp3) is 0.344. The van der Waals surface area contributed by atoms with Crippen molar-refractivity contribution in [2.24, 2.45) is 10.9 Å². The highest BCUT2D eigenvalue weighted by molar-refractivity contribution is 8.00. The molecule has 1 unspecified atom stereocenters. The lowest BCUT2D eigenvalue weighted by molar-refractivity contribution is -0.128. The molecule has 0 saturated carbocycles. The van der Waals surface area contributed by atoms with E-state index in [0.29, 0.717) is 29.0 Å². The minimum absolute atomic E-state index is 0.221. The average molecular weight is 562 g/mol. The third-order valence-corrected chi connectivity index (χ3v) is 8.15. The van der Waals surface area contributed by atoms with Crippen LogP contribution in [0.2, 0.25) is 5.02 Å². The van der Waals surface area contributed by atoms with Gasteiger partial charge in [0.15, 0.2) is 0 Å². The van der Waals surface area contributed by atoms with E-state index in [4.69, 9.17) is 16.6 Å². The highest BCUT2D eigenvalue weighted by Crippen LogP contribution is 2.41. The zero-order valence-corrected chi connectivity index (χ0v) is 24.3. The van der Waals surface area contributed by atoms with Crippen molar-refractivity contribution in [2.75, 3.05) is 0 Å². The van der Waals surface area contributed by atoms with E-state index in [1.807, 2.05) is 78.5 Å². The van der Waals surface area contributed by atoms with Crippen molar-refractivity contribution in [2.45, 2.75) is 68.7 Å². The number of thioether (sulfide) groups is 1. The van der Waals surface area contributed by atoms with Crippen LogP contribution in [0.15, 0.2) is 88.8 Å². The van der Waals surface area contributed by atoms with Crippen molar-refractivity contribution in [3.8, 4) is 0 Å². The van der Waals surface area contributed by atoms with Gasteiger partial charge in [-0.3, -0.25) is 14.6 Å². The zero-order valence-electron chi connectivity index (χ0n) is 22.7. The van der Waals surface area contributed by atoms with Crippen molar-refractivity contribution in [3.63, 3.8) is 0 Å². The van der Waals surface area contributed by atoms with Gasteiger partial charge in [0.05, 0.1) is 11.7 Å². The number of benzene rings is 3. The second kappa shape index (κ2) is 13.8. The molecule has 1 aliphatic rings. The molecule has 4 rings (SSSR count). The number of carbonyl (C=O) groups is 2. The number of rotatable bonds is 10. The number of amides is 2. The molecule has 0 aromatic heterocycles. The topological polar surface area (TPSA) is 70.6 Å². The Hall–Kier alpha value is -3.09. The van der Waals surface area contributed by atoms with Gasteiger partial charge in [-0.2, -0.15) is 0 Å². The molecule has 2 N–H and O–H groups in total. The van der Waals surface area contributed by atoms with Crippen LogP contribution in [0, 0.1) is 5.92 Å². The molecule has 3 aromatic carbocycles. The third kappa shape index (κ3) is 8.70. The second-order valence-electron chi connectivity index (χ2n) is 10.5. The predicted molar refractivity (Wildman–Crippen MR) is 162 cm³/mol. The molecule has 204 valence electrons. The Kier molecular flexibility index (Phi) is 10.2. The Balaban J connectivity index is 1.68. The highest BCUT2D eigenvalue weighted by Gasteiger charge is 2.29. The lowest BCUT2D eigenvalue weighted by atomic mass is 9.95. The van der Waals surface area contributed by atoms with Crippen LogP contribution in [0.4, 0.5) is 5.69 Å². The first-order valence-electron chi connectivity index (χ1n) is 13.5. The Labute approximate surface area is 240 Å². The predicted octanol–water partition coefficient (Wildman–Crippen LogP) is 6.80. The summed E-state index contributed by atoms with van der Waals surface area (Å²) in [4.78, 5) is 32.0. The minimum Gasteiger partial charge on any atom is -0.346 e. The zero-order chi connectivity index (χ0) is 27.8. The summed E-state index contributed by atoms with van der Waals surface area (Å²) in [6.45, 7) is 5.91. The van der Waals surface area contributed by atoms with Crippen LogP contribution < -0.4 is 10.6 Å². The third-order valence-electron chi connectivity index (χ3n) is 6.63. The van der Waals surface area contributed by atoms with Gasteiger partial charge in [0.1, 0.15) is 6.04 Å². The number of nitrogens with one attached hydrogen (secondary N) is 2. The molecule has 7 heteroatoms. The molecule has 0 saturated heterocycles. The lowest BCUT2D eigenvalue weighted by Crippen LogP contribution is -2.53. The van der Waals surface area contributed by atoms with Gasteiger partial charge in [-0.25, -0.2) is 0 Å². The van der Waals surface area contributed by atoms with E-state index in [1.54, 1.807) is 0 Å². The number of aliphatic imine (C=N–C) groups is 1. The van der Waals surface area contributed by atoms with Crippen LogP contribution >= 0.6 is 23.4 Å². The molecule has 5 nitrogen and oxygen atoms in total. The van der Waals surface area contributed by atoms with Crippen LogP contribution in [-0.2, 0) is 22.4 Å². The molecule has 0 fully saturated rings. The van der Waals surface area contributed by atoms with Gasteiger partial charge in [-0.1, -0.05) is 86.1 Å². The van der Waals surface area contributed by atoms with Crippen LogP contribution in [0.25, 0.3) is 0 Å². The first-order valence-corrected chi connectivity index (χ1v) is 14.7. The molecule has 1 heterocycles. The highest BCUT2D eigenvalue weighted by atomic mass is 35.5. The molecule has 2 amide bonds. The largest absolute Gasteiger partial charge is 0.346 e. The van der Waals surface area contributed by atoms with E-state index >= 15 is 0 Å². The van der Waals surface area contributed by atoms with Gasteiger partial charge < -0.3 is 10.6 Å². The van der Waals surface area contributed by atoms with Crippen molar-refractivity contribution >= 4 is 46.6 Å². The Morgan fingerprint density at radius 2 is 1.59 bits per heavy atom. The number of carbonyl (C=O) groups excluding carboxylic acids is 2. The summed E-state index contributed by atoms with van der Waals surface area (Å²) in [5, 5.41) is 7.09. The molecular weight excluding hydrogens is 526 g/mol. The Morgan fingerprint density at radius 3 is 2.21 bits per heavy atom. The summed E-state index contributed by atoms with van der Waals surface area (Å²) in [6.07, 6.45) is 2.77. The summed E-state index contributed by atoms with van der Waals surface area (Å²) in [7, 11) is 0. The average Bonchev–Trinajstić information content (AvgIpc) is 3.07. The van der Waals surface area contributed by atoms with E-state index in [-0.39, 0.29) is 17.9 Å². The molecule has 3 atom stereocenters. The SMILES string of the molecule is CC(=O)N[C@@H](Cc1ccccc1)C(=O)N[C@@H](Cc1ccccc1)C1=Nc2cc(Cl)ccc2SC(CC(C)C)C1. The number of halogens is 1. The van der Waals surface area contributed by atoms with Gasteiger partial charge in [0.25, 0.3) is 0 Å². The van der Waals surface area contributed by atoms with Crippen LogP contribution in [0.5, 0.6) is 0 Å². The summed E-state index contributed by atoms with van der Waals surface area (Å²) < 4.78 is 0. The summed E-state index contributed by atoms with van der Waals surface area (Å²) >= 11 is 8.21. The maximum atomic E-state index is 13.8. The van der Waals surface area contributed by atoms with Gasteiger partial charge in [0, 0.05) is 40.6 Å². The molecule has 1 aliphatic heterocycles. The van der Waals surface area contributed by atoms with E-state index in [1.165, 1.54) is 6.92 Å². The second-order valence-corrected chi connectivity index (χ2v) is 12.3. The number of fused-ring (bicyclic) bond motifs is 1. The van der Waals surface area contributed by atoms with Crippen LogP contribution in [0.1, 0.15) is 44.7 Å². The molecule has 0 aliphatic carbocycles. The van der Waals surface area contributed by atoms with Crippen molar-refractivity contribution in [3.05, 3.63) is 95.0 Å². The summed E-state index contributed by atoms with van der Waals surface area (Å²) in [6, 6.07) is 24.7. The Morgan fingerprint density at radius 1 is 0.949 bits per heavy atom. The quantitative estimate of drug-likeness (QED) is 0.286. The Bertz CT molecular complexity index is 1300. The molecule has 0 bridgehead atoms. The standard InChI is InChI=1S/C32H36ClN3O2S/c1-21(2)16-26-20-28(35-29-19-25(33)14-15-31(29)39-26)27(17-23-10-6-4-7-11-23)36-32(38)30(34-22(3)37)18-24-12-8-5-9-13-24/h4-15,19,21,26-27,30H,16-18,20H2,1-3H3,(H,34,37)(H,36,38)/t26?,27-,30-/m0/s1. The van der Waals surface area contributed by atoms with Crippen LogP contribution in [0.3, 0.4) is 0 Å². The molecule has 0 spiro atoms. The van der Waals surface area contributed by atoms with Crippen LogP contribution in [-0.4, -0.2) is 34.9 Å².